The number of rotatable bonds is 5. The molecule has 1 N–H and O–H groups in total. The summed E-state index contributed by atoms with van der Waals surface area (Å²) >= 11 is 0. The van der Waals surface area contributed by atoms with Crippen LogP contribution >= 0.6 is 0 Å². The van der Waals surface area contributed by atoms with Gasteiger partial charge in [0.05, 0.1) is 18.1 Å². The van der Waals surface area contributed by atoms with Gasteiger partial charge in [-0.25, -0.2) is 0 Å². The molecule has 0 bridgehead atoms. The lowest BCUT2D eigenvalue weighted by Crippen LogP contribution is -2.28. The number of carbonyl (C=O) groups is 1. The Labute approximate surface area is 189 Å². The molecule has 5 nitrogen and oxygen atoms in total. The number of para-hydroxylation sites is 1. The fraction of sp³-hybridized carbons (Fsp3) is 0.240. The van der Waals surface area contributed by atoms with Crippen LogP contribution in [-0.4, -0.2) is 19.8 Å². The normalized spacial score (nSPS) is 15.8. The van der Waals surface area contributed by atoms with Crippen LogP contribution < -0.4 is 19.5 Å². The van der Waals surface area contributed by atoms with Crippen molar-refractivity contribution < 1.29 is 33.6 Å². The Morgan fingerprint density at radius 3 is 2.52 bits per heavy atom. The van der Waals surface area contributed by atoms with Gasteiger partial charge in [0, 0.05) is 12.7 Å². The number of hydrogen-bond acceptors (Lipinski definition) is 4. The van der Waals surface area contributed by atoms with Crippen LogP contribution in [0.25, 0.3) is 11.1 Å². The summed E-state index contributed by atoms with van der Waals surface area (Å²) in [7, 11) is 1.46. The van der Waals surface area contributed by atoms with Crippen molar-refractivity contribution in [3.63, 3.8) is 0 Å². The monoisotopic (exact) mass is 457 g/mol. The molecule has 1 heterocycles. The Hall–Kier alpha value is -3.68. The zero-order valence-electron chi connectivity index (χ0n) is 17.7. The van der Waals surface area contributed by atoms with E-state index in [0.29, 0.717) is 41.2 Å². The number of carbonyl (C=O) groups excluding carboxylic acids is 1. The van der Waals surface area contributed by atoms with Crippen LogP contribution in [0.2, 0.25) is 0 Å². The molecule has 0 spiro atoms. The molecule has 0 aromatic heterocycles. The van der Waals surface area contributed by atoms with Gasteiger partial charge in [-0.15, -0.1) is 0 Å². The number of nitrogens with one attached hydrogen (secondary N) is 1. The lowest BCUT2D eigenvalue weighted by molar-refractivity contribution is -0.137. The van der Waals surface area contributed by atoms with E-state index in [9.17, 15) is 18.0 Å². The average molecular weight is 457 g/mol. The van der Waals surface area contributed by atoms with Crippen molar-refractivity contribution in [3.05, 3.63) is 71.8 Å². The molecule has 3 aromatic rings. The van der Waals surface area contributed by atoms with E-state index >= 15 is 0 Å². The van der Waals surface area contributed by atoms with Gasteiger partial charge in [0.2, 0.25) is 12.7 Å². The lowest BCUT2D eigenvalue weighted by atomic mass is 9.94. The van der Waals surface area contributed by atoms with E-state index < -0.39 is 17.2 Å². The summed E-state index contributed by atoms with van der Waals surface area (Å²) in [5.41, 5.74) is -0.0399. The average Bonchev–Trinajstić information content (AvgIpc) is 3.49. The maximum Gasteiger partial charge on any atom is 0.416 e. The van der Waals surface area contributed by atoms with Crippen molar-refractivity contribution in [3.8, 4) is 28.4 Å². The third-order valence-electron chi connectivity index (χ3n) is 6.05. The minimum Gasteiger partial charge on any atom is -0.496 e. The first-order valence-corrected chi connectivity index (χ1v) is 10.4. The number of halogens is 3. The number of fused-ring (bicyclic) bond motifs is 1. The summed E-state index contributed by atoms with van der Waals surface area (Å²) in [5, 5.41) is 2.72. The summed E-state index contributed by atoms with van der Waals surface area (Å²) < 4.78 is 57.0. The van der Waals surface area contributed by atoms with Crippen molar-refractivity contribution in [2.24, 2.45) is 0 Å². The second-order valence-corrected chi connectivity index (χ2v) is 8.10. The maximum absolute atomic E-state index is 13.7. The first-order chi connectivity index (χ1) is 15.8. The van der Waals surface area contributed by atoms with Gasteiger partial charge in [-0.2, -0.15) is 13.2 Å². The van der Waals surface area contributed by atoms with Gasteiger partial charge in [0.1, 0.15) is 5.75 Å². The highest BCUT2D eigenvalue weighted by Gasteiger charge is 2.51. The van der Waals surface area contributed by atoms with Crippen LogP contribution in [0.1, 0.15) is 25.4 Å². The Bertz CT molecular complexity index is 1240. The first-order valence-electron chi connectivity index (χ1n) is 10.4. The van der Waals surface area contributed by atoms with E-state index in [0.717, 1.165) is 17.7 Å². The highest BCUT2D eigenvalue weighted by atomic mass is 19.4. The van der Waals surface area contributed by atoms with E-state index in [4.69, 9.17) is 14.2 Å². The number of anilines is 1. The number of ether oxygens (including phenoxy) is 3. The van der Waals surface area contributed by atoms with Crippen molar-refractivity contribution in [1.29, 1.82) is 0 Å². The van der Waals surface area contributed by atoms with Crippen LogP contribution in [0.15, 0.2) is 60.7 Å². The third-order valence-corrected chi connectivity index (χ3v) is 6.05. The largest absolute Gasteiger partial charge is 0.496 e. The van der Waals surface area contributed by atoms with Crippen LogP contribution in [0.3, 0.4) is 0 Å². The highest BCUT2D eigenvalue weighted by Crippen LogP contribution is 2.51. The second-order valence-electron chi connectivity index (χ2n) is 8.10. The molecule has 8 heteroatoms. The minimum absolute atomic E-state index is 0. The predicted octanol–water partition coefficient (Wildman–Crippen LogP) is 6.03. The summed E-state index contributed by atoms with van der Waals surface area (Å²) in [6.07, 6.45) is -3.39. The number of hydrogen-bond donors (Lipinski definition) is 1. The Morgan fingerprint density at radius 1 is 1.03 bits per heavy atom. The van der Waals surface area contributed by atoms with Crippen molar-refractivity contribution >= 4 is 11.6 Å². The number of alkyl halides is 3. The molecule has 0 atom stereocenters. The summed E-state index contributed by atoms with van der Waals surface area (Å²) in [5.74, 6) is 1.25. The van der Waals surface area contributed by atoms with Crippen LogP contribution in [0, 0.1) is 0 Å². The molecular formula is C25H22F3NO4. The molecule has 2 aliphatic rings. The molecule has 1 fully saturated rings. The molecule has 1 saturated carbocycles. The van der Waals surface area contributed by atoms with E-state index in [1.165, 1.54) is 13.2 Å². The SMILES string of the molecule is COc1ccccc1-c1cc(NC(=O)C2(c3ccc4c(c3)OCO4)CC2)cc(C(F)(F)F)c1.[HH]. The van der Waals surface area contributed by atoms with E-state index in [2.05, 4.69) is 5.32 Å². The predicted molar refractivity (Wildman–Crippen MR) is 118 cm³/mol. The van der Waals surface area contributed by atoms with Gasteiger partial charge in [-0.3, -0.25) is 4.79 Å². The highest BCUT2D eigenvalue weighted by molar-refractivity contribution is 6.02. The topological polar surface area (TPSA) is 56.8 Å². The van der Waals surface area contributed by atoms with Gasteiger partial charge in [0.15, 0.2) is 11.5 Å². The summed E-state index contributed by atoms with van der Waals surface area (Å²) in [6, 6.07) is 15.6. The zero-order chi connectivity index (χ0) is 23.2. The molecule has 0 saturated heterocycles. The van der Waals surface area contributed by atoms with Gasteiger partial charge in [-0.05, 0) is 60.4 Å². The number of amides is 1. The molecule has 1 amide bonds. The summed E-state index contributed by atoms with van der Waals surface area (Å²) in [4.78, 5) is 13.2. The minimum atomic E-state index is -4.58. The Morgan fingerprint density at radius 2 is 1.79 bits per heavy atom. The van der Waals surface area contributed by atoms with E-state index in [-0.39, 0.29) is 19.8 Å². The standard InChI is InChI=1S/C25H20F3NO4.H2/c1-31-20-5-3-2-4-19(20)15-10-17(25(26,27)28)12-18(11-15)29-23(30)24(8-9-24)16-6-7-21-22(13-16)33-14-32-21;/h2-7,10-13H,8-9,14H2,1H3,(H,29,30);1H. The van der Waals surface area contributed by atoms with Crippen molar-refractivity contribution in [2.75, 3.05) is 19.2 Å². The fourth-order valence-electron chi connectivity index (χ4n) is 4.12. The van der Waals surface area contributed by atoms with E-state index in [1.54, 1.807) is 42.5 Å². The van der Waals surface area contributed by atoms with Crippen molar-refractivity contribution in [2.45, 2.75) is 24.4 Å². The first kappa shape index (κ1) is 21.2. The fourth-order valence-corrected chi connectivity index (χ4v) is 4.12. The van der Waals surface area contributed by atoms with Crippen molar-refractivity contribution in [1.82, 2.24) is 0 Å². The molecule has 1 aliphatic heterocycles. The molecule has 0 radical (unpaired) electrons. The lowest BCUT2D eigenvalue weighted by Gasteiger charge is -2.18. The van der Waals surface area contributed by atoms with Gasteiger partial charge in [-0.1, -0.05) is 24.3 Å². The van der Waals surface area contributed by atoms with Gasteiger partial charge >= 0.3 is 6.18 Å². The number of benzene rings is 3. The number of methoxy groups -OCH3 is 1. The van der Waals surface area contributed by atoms with Gasteiger partial charge in [0.25, 0.3) is 0 Å². The Balaban J connectivity index is 0.00000274. The van der Waals surface area contributed by atoms with Crippen LogP contribution in [0.5, 0.6) is 17.2 Å². The smallest absolute Gasteiger partial charge is 0.416 e. The molecule has 0 unspecified atom stereocenters. The molecule has 172 valence electrons. The Kier molecular flexibility index (Phi) is 4.96. The molecular weight excluding hydrogens is 435 g/mol. The van der Waals surface area contributed by atoms with Crippen LogP contribution in [-0.2, 0) is 16.4 Å². The van der Waals surface area contributed by atoms with E-state index in [1.807, 2.05) is 0 Å². The van der Waals surface area contributed by atoms with Crippen LogP contribution in [0.4, 0.5) is 18.9 Å². The molecule has 3 aromatic carbocycles. The molecule has 5 rings (SSSR count). The zero-order valence-corrected chi connectivity index (χ0v) is 17.7. The molecule has 33 heavy (non-hydrogen) atoms. The third kappa shape index (κ3) is 3.86. The maximum atomic E-state index is 13.7. The second kappa shape index (κ2) is 7.72. The molecule has 1 aliphatic carbocycles. The van der Waals surface area contributed by atoms with Gasteiger partial charge < -0.3 is 19.5 Å². The summed E-state index contributed by atoms with van der Waals surface area (Å²) in [6.45, 7) is 0.119. The quantitative estimate of drug-likeness (QED) is 0.509.